The summed E-state index contributed by atoms with van der Waals surface area (Å²) in [5.74, 6) is 0.0557. The summed E-state index contributed by atoms with van der Waals surface area (Å²) in [7, 11) is 0. The van der Waals surface area contributed by atoms with Crippen molar-refractivity contribution >= 4 is 5.91 Å². The van der Waals surface area contributed by atoms with Gasteiger partial charge in [0.15, 0.2) is 6.10 Å². The summed E-state index contributed by atoms with van der Waals surface area (Å²) in [4.78, 5) is 14.0. The first-order chi connectivity index (χ1) is 9.31. The molecule has 6 nitrogen and oxygen atoms in total. The lowest BCUT2D eigenvalue weighted by Gasteiger charge is -2.34. The van der Waals surface area contributed by atoms with Gasteiger partial charge in [0.05, 0.1) is 25.9 Å². The highest BCUT2D eigenvalue weighted by molar-refractivity contribution is 5.81. The average molecular weight is 272 g/mol. The first kappa shape index (κ1) is 14.7. The Bertz CT molecular complexity index is 274. The van der Waals surface area contributed by atoms with Gasteiger partial charge in [-0.3, -0.25) is 4.79 Å². The summed E-state index contributed by atoms with van der Waals surface area (Å²) >= 11 is 0. The molecule has 2 aliphatic rings. The van der Waals surface area contributed by atoms with Gasteiger partial charge in [-0.15, -0.1) is 0 Å². The van der Waals surface area contributed by atoms with E-state index in [0.29, 0.717) is 33.0 Å². The molecule has 1 atom stereocenters. The van der Waals surface area contributed by atoms with Crippen LogP contribution in [0.2, 0.25) is 0 Å². The predicted molar refractivity (Wildman–Crippen MR) is 69.8 cm³/mol. The summed E-state index contributed by atoms with van der Waals surface area (Å²) in [6, 6.07) is 0. The zero-order chi connectivity index (χ0) is 13.5. The zero-order valence-corrected chi connectivity index (χ0v) is 11.4. The first-order valence-electron chi connectivity index (χ1n) is 7.11. The number of carbonyl (C=O) groups excluding carboxylic acids is 1. The molecule has 6 heteroatoms. The Labute approximate surface area is 114 Å². The lowest BCUT2D eigenvalue weighted by molar-refractivity contribution is -0.160. The summed E-state index contributed by atoms with van der Waals surface area (Å²) in [5, 5.41) is 0. The van der Waals surface area contributed by atoms with Crippen molar-refractivity contribution in [2.75, 3.05) is 46.1 Å². The maximum absolute atomic E-state index is 12.2. The Kier molecular flexibility index (Phi) is 6.03. The molecule has 2 saturated heterocycles. The molecule has 2 N–H and O–H groups in total. The lowest BCUT2D eigenvalue weighted by Crippen LogP contribution is -2.49. The summed E-state index contributed by atoms with van der Waals surface area (Å²) < 4.78 is 16.4. The van der Waals surface area contributed by atoms with Crippen LogP contribution >= 0.6 is 0 Å². The fraction of sp³-hybridized carbons (Fsp3) is 0.923. The molecule has 1 unspecified atom stereocenters. The fourth-order valence-corrected chi connectivity index (χ4v) is 2.41. The number of hydrogen-bond acceptors (Lipinski definition) is 5. The summed E-state index contributed by atoms with van der Waals surface area (Å²) in [5.41, 5.74) is 5.43. The number of hydrogen-bond donors (Lipinski definition) is 1. The SMILES string of the molecule is NCCCOC1CCN(C(=O)C2COCCO2)CC1. The van der Waals surface area contributed by atoms with Gasteiger partial charge in [0, 0.05) is 19.7 Å². The molecule has 0 aliphatic carbocycles. The average Bonchev–Trinajstić information content (AvgIpc) is 2.48. The number of nitrogens with zero attached hydrogens (tertiary/aromatic N) is 1. The Morgan fingerprint density at radius 2 is 2.11 bits per heavy atom. The van der Waals surface area contributed by atoms with E-state index in [0.717, 1.165) is 32.4 Å². The van der Waals surface area contributed by atoms with E-state index in [1.54, 1.807) is 0 Å². The van der Waals surface area contributed by atoms with Gasteiger partial charge in [0.2, 0.25) is 0 Å². The number of piperidine rings is 1. The van der Waals surface area contributed by atoms with Crippen LogP contribution in [0.15, 0.2) is 0 Å². The minimum atomic E-state index is -0.413. The van der Waals surface area contributed by atoms with Gasteiger partial charge in [0.25, 0.3) is 5.91 Å². The van der Waals surface area contributed by atoms with Crippen LogP contribution in [-0.2, 0) is 19.0 Å². The van der Waals surface area contributed by atoms with E-state index in [1.807, 2.05) is 4.90 Å². The van der Waals surface area contributed by atoms with Crippen molar-refractivity contribution in [1.82, 2.24) is 4.90 Å². The smallest absolute Gasteiger partial charge is 0.254 e. The van der Waals surface area contributed by atoms with Crippen molar-refractivity contribution in [3.8, 4) is 0 Å². The third-order valence-electron chi connectivity index (χ3n) is 3.55. The molecule has 2 aliphatic heterocycles. The quantitative estimate of drug-likeness (QED) is 0.699. The number of ether oxygens (including phenoxy) is 3. The van der Waals surface area contributed by atoms with Gasteiger partial charge in [-0.1, -0.05) is 0 Å². The minimum Gasteiger partial charge on any atom is -0.378 e. The third-order valence-corrected chi connectivity index (χ3v) is 3.55. The molecule has 2 rings (SSSR count). The summed E-state index contributed by atoms with van der Waals surface area (Å²) in [6.07, 6.45) is 2.53. The number of likely N-dealkylation sites (tertiary alicyclic amines) is 1. The lowest BCUT2D eigenvalue weighted by atomic mass is 10.1. The molecular weight excluding hydrogens is 248 g/mol. The molecule has 110 valence electrons. The highest BCUT2D eigenvalue weighted by atomic mass is 16.6. The van der Waals surface area contributed by atoms with Crippen molar-refractivity contribution in [1.29, 1.82) is 0 Å². The van der Waals surface area contributed by atoms with Crippen molar-refractivity contribution in [2.45, 2.75) is 31.5 Å². The van der Waals surface area contributed by atoms with E-state index in [1.165, 1.54) is 0 Å². The van der Waals surface area contributed by atoms with E-state index in [2.05, 4.69) is 0 Å². The molecule has 2 heterocycles. The molecule has 0 aromatic carbocycles. The van der Waals surface area contributed by atoms with Gasteiger partial charge in [-0.2, -0.15) is 0 Å². The van der Waals surface area contributed by atoms with E-state index in [4.69, 9.17) is 19.9 Å². The maximum Gasteiger partial charge on any atom is 0.254 e. The van der Waals surface area contributed by atoms with Crippen molar-refractivity contribution in [2.24, 2.45) is 5.73 Å². The predicted octanol–water partition coefficient (Wildman–Crippen LogP) is -0.242. The molecule has 0 aromatic rings. The minimum absolute atomic E-state index is 0.0557. The van der Waals surface area contributed by atoms with Gasteiger partial charge in [-0.05, 0) is 25.8 Å². The third kappa shape index (κ3) is 4.42. The van der Waals surface area contributed by atoms with E-state index >= 15 is 0 Å². The molecule has 1 amide bonds. The number of carbonyl (C=O) groups is 1. The molecule has 2 fully saturated rings. The first-order valence-corrected chi connectivity index (χ1v) is 7.11. The number of nitrogens with two attached hydrogens (primary N) is 1. The monoisotopic (exact) mass is 272 g/mol. The topological polar surface area (TPSA) is 74.0 Å². The van der Waals surface area contributed by atoms with Crippen LogP contribution in [-0.4, -0.2) is 69.1 Å². The molecule has 0 bridgehead atoms. The zero-order valence-electron chi connectivity index (χ0n) is 11.4. The van der Waals surface area contributed by atoms with Crippen LogP contribution in [0.4, 0.5) is 0 Å². The Balaban J connectivity index is 1.68. The van der Waals surface area contributed by atoms with E-state index < -0.39 is 6.10 Å². The van der Waals surface area contributed by atoms with Gasteiger partial charge < -0.3 is 24.8 Å². The molecule has 0 spiro atoms. The second-order valence-corrected chi connectivity index (χ2v) is 4.97. The molecular formula is C13H24N2O4. The standard InChI is InChI=1S/C13H24N2O4/c14-4-1-7-18-11-2-5-15(6-3-11)13(16)12-10-17-8-9-19-12/h11-12H,1-10,14H2. The van der Waals surface area contributed by atoms with Crippen molar-refractivity contribution in [3.05, 3.63) is 0 Å². The van der Waals surface area contributed by atoms with Crippen LogP contribution in [0.1, 0.15) is 19.3 Å². The van der Waals surface area contributed by atoms with Crippen molar-refractivity contribution in [3.63, 3.8) is 0 Å². The van der Waals surface area contributed by atoms with Gasteiger partial charge in [-0.25, -0.2) is 0 Å². The summed E-state index contributed by atoms with van der Waals surface area (Å²) in [6.45, 7) is 4.34. The Morgan fingerprint density at radius 3 is 2.74 bits per heavy atom. The van der Waals surface area contributed by atoms with Crippen molar-refractivity contribution < 1.29 is 19.0 Å². The molecule has 0 aromatic heterocycles. The van der Waals surface area contributed by atoms with Crippen LogP contribution in [0.5, 0.6) is 0 Å². The van der Waals surface area contributed by atoms with Crippen LogP contribution in [0.25, 0.3) is 0 Å². The Morgan fingerprint density at radius 1 is 1.32 bits per heavy atom. The fourth-order valence-electron chi connectivity index (χ4n) is 2.41. The molecule has 0 radical (unpaired) electrons. The second-order valence-electron chi connectivity index (χ2n) is 4.97. The Hall–Kier alpha value is -0.690. The highest BCUT2D eigenvalue weighted by Crippen LogP contribution is 2.16. The molecule has 19 heavy (non-hydrogen) atoms. The number of amides is 1. The van der Waals surface area contributed by atoms with Crippen LogP contribution in [0.3, 0.4) is 0 Å². The number of rotatable bonds is 5. The van der Waals surface area contributed by atoms with Crippen LogP contribution in [0, 0.1) is 0 Å². The van der Waals surface area contributed by atoms with Gasteiger partial charge in [0.1, 0.15) is 0 Å². The van der Waals surface area contributed by atoms with E-state index in [9.17, 15) is 4.79 Å². The highest BCUT2D eigenvalue weighted by Gasteiger charge is 2.30. The second kappa shape index (κ2) is 7.79. The maximum atomic E-state index is 12.2. The molecule has 0 saturated carbocycles. The van der Waals surface area contributed by atoms with E-state index in [-0.39, 0.29) is 12.0 Å². The normalized spacial score (nSPS) is 25.5. The van der Waals surface area contributed by atoms with Gasteiger partial charge >= 0.3 is 0 Å². The van der Waals surface area contributed by atoms with Crippen LogP contribution < -0.4 is 5.73 Å². The largest absolute Gasteiger partial charge is 0.378 e.